The van der Waals surface area contributed by atoms with Crippen molar-refractivity contribution in [2.75, 3.05) is 50.8 Å². The molecule has 1 unspecified atom stereocenters. The first-order chi connectivity index (χ1) is 19.2. The molecule has 1 aromatic rings. The van der Waals surface area contributed by atoms with Gasteiger partial charge in [-0.2, -0.15) is 0 Å². The molecule has 9 nitrogen and oxygen atoms in total. The predicted octanol–water partition coefficient (Wildman–Crippen LogP) is 0.706. The van der Waals surface area contributed by atoms with Crippen molar-refractivity contribution in [3.63, 3.8) is 0 Å². The third-order valence-electron chi connectivity index (χ3n) is 8.45. The number of imide groups is 1. The molecule has 2 amide bonds. The Morgan fingerprint density at radius 2 is 1.65 bits per heavy atom. The van der Waals surface area contributed by atoms with Gasteiger partial charge in [0.2, 0.25) is 5.91 Å². The second-order valence-electron chi connectivity index (χ2n) is 12.4. The van der Waals surface area contributed by atoms with Crippen LogP contribution in [0.1, 0.15) is 65.7 Å². The van der Waals surface area contributed by atoms with Gasteiger partial charge in [0, 0.05) is 19.1 Å². The molecule has 3 fully saturated rings. The van der Waals surface area contributed by atoms with E-state index < -0.39 is 5.92 Å². The Morgan fingerprint density at radius 1 is 0.975 bits per heavy atom. The maximum Gasteiger partial charge on any atom is 0.292 e. The highest BCUT2D eigenvalue weighted by atomic mass is 16.5. The van der Waals surface area contributed by atoms with Gasteiger partial charge in [0.1, 0.15) is 49.4 Å². The number of nitrogens with zero attached hydrogens (tertiary/aromatic N) is 2. The molecule has 0 bridgehead atoms. The number of nitrogens with one attached hydrogen (secondary N) is 2. The number of anilines is 1. The van der Waals surface area contributed by atoms with Crippen LogP contribution in [0, 0.1) is 11.3 Å². The summed E-state index contributed by atoms with van der Waals surface area (Å²) in [5.41, 5.74) is 0.357. The van der Waals surface area contributed by atoms with E-state index in [-0.39, 0.29) is 41.3 Å². The van der Waals surface area contributed by atoms with Crippen LogP contribution >= 0.6 is 0 Å². The second kappa shape index (κ2) is 13.6. The molecule has 1 aromatic carbocycles. The quantitative estimate of drug-likeness (QED) is 0.172. The smallest absolute Gasteiger partial charge is 0.292 e. The molecule has 218 valence electrons. The molecule has 2 heterocycles. The molecule has 1 aliphatic carbocycles. The van der Waals surface area contributed by atoms with Gasteiger partial charge < -0.3 is 14.5 Å². The number of hydrogen-bond donors (Lipinski definition) is 2. The zero-order valence-corrected chi connectivity index (χ0v) is 24.4. The van der Waals surface area contributed by atoms with Crippen LogP contribution in [0.2, 0.25) is 0 Å². The zero-order valence-electron chi connectivity index (χ0n) is 24.4. The van der Waals surface area contributed by atoms with Crippen molar-refractivity contribution in [3.8, 4) is 5.75 Å². The van der Waals surface area contributed by atoms with Crippen molar-refractivity contribution in [1.82, 2.24) is 0 Å². The Kier molecular flexibility index (Phi) is 10.2. The Labute approximate surface area is 237 Å². The normalized spacial score (nSPS) is 25.8. The fourth-order valence-corrected chi connectivity index (χ4v) is 6.13. The lowest BCUT2D eigenvalue weighted by Crippen LogP contribution is -3.30. The summed E-state index contributed by atoms with van der Waals surface area (Å²) in [6.45, 7) is 11.6. The number of Topliss-reactive ketones (excluding diaryl/α,β-unsaturated/α-hetero) is 2. The number of unbranched alkanes of at least 4 members (excludes halogenated alkanes) is 3. The Morgan fingerprint density at radius 3 is 2.30 bits per heavy atom. The van der Waals surface area contributed by atoms with E-state index >= 15 is 0 Å². The molecule has 0 radical (unpaired) electrons. The number of aliphatic imine (C=N–C) groups is 1. The van der Waals surface area contributed by atoms with Crippen molar-refractivity contribution in [1.29, 1.82) is 0 Å². The molecule has 0 aromatic heterocycles. The van der Waals surface area contributed by atoms with Crippen molar-refractivity contribution >= 4 is 35.3 Å². The average molecular weight is 555 g/mol. The van der Waals surface area contributed by atoms with Gasteiger partial charge in [-0.1, -0.05) is 40.0 Å². The molecule has 2 N–H and O–H groups in total. The minimum absolute atomic E-state index is 0.0264. The molecule has 3 aliphatic rings. The molecule has 1 saturated carbocycles. The minimum atomic E-state index is -0.683. The lowest BCUT2D eigenvalue weighted by molar-refractivity contribution is -1.02. The van der Waals surface area contributed by atoms with Crippen LogP contribution in [-0.2, 0) is 19.2 Å². The van der Waals surface area contributed by atoms with Crippen LogP contribution in [-0.4, -0.2) is 81.5 Å². The van der Waals surface area contributed by atoms with Crippen LogP contribution in [0.3, 0.4) is 0 Å². The summed E-state index contributed by atoms with van der Waals surface area (Å²) in [6.07, 6.45) is 7.22. The number of benzene rings is 1. The zero-order chi connectivity index (χ0) is 28.7. The highest BCUT2D eigenvalue weighted by Gasteiger charge is 2.47. The molecule has 40 heavy (non-hydrogen) atoms. The van der Waals surface area contributed by atoms with Crippen molar-refractivity contribution in [3.05, 3.63) is 24.3 Å². The summed E-state index contributed by atoms with van der Waals surface area (Å²) in [5.74, 6) is -0.243. The molecule has 2 aliphatic heterocycles. The topological polar surface area (TPSA) is 102 Å². The van der Waals surface area contributed by atoms with Crippen molar-refractivity contribution in [2.24, 2.45) is 16.3 Å². The second-order valence-corrected chi connectivity index (χ2v) is 12.4. The summed E-state index contributed by atoms with van der Waals surface area (Å²) in [5, 5.41) is 0. The van der Waals surface area contributed by atoms with Gasteiger partial charge in [-0.3, -0.25) is 24.2 Å². The van der Waals surface area contributed by atoms with E-state index in [1.54, 1.807) is 18.3 Å². The lowest BCUT2D eigenvalue weighted by atomic mass is 9.72. The molecule has 2 saturated heterocycles. The number of hydrogen-bond acceptors (Lipinski definition) is 6. The van der Waals surface area contributed by atoms with Gasteiger partial charge >= 0.3 is 0 Å². The van der Waals surface area contributed by atoms with Crippen molar-refractivity contribution in [2.45, 2.75) is 71.8 Å². The van der Waals surface area contributed by atoms with E-state index in [0.29, 0.717) is 31.7 Å². The van der Waals surface area contributed by atoms with Crippen LogP contribution < -0.4 is 19.4 Å². The number of piperazine rings is 1. The maximum absolute atomic E-state index is 13.3. The van der Waals surface area contributed by atoms with E-state index in [4.69, 9.17) is 4.74 Å². The predicted molar refractivity (Wildman–Crippen MR) is 153 cm³/mol. The number of ether oxygens (including phenoxy) is 1. The highest BCUT2D eigenvalue weighted by Crippen LogP contribution is 2.33. The largest absolute Gasteiger partial charge is 0.494 e. The van der Waals surface area contributed by atoms with E-state index in [2.05, 4.69) is 11.9 Å². The third kappa shape index (κ3) is 7.63. The number of carbonyl (C=O) groups is 4. The Balaban J connectivity index is 1.21. The van der Waals surface area contributed by atoms with Crippen LogP contribution in [0.15, 0.2) is 29.3 Å². The molecule has 4 rings (SSSR count). The molecule has 9 heteroatoms. The number of carbonyl (C=O) groups excluding carboxylic acids is 4. The first-order valence-corrected chi connectivity index (χ1v) is 15.0. The van der Waals surface area contributed by atoms with Crippen LogP contribution in [0.5, 0.6) is 5.75 Å². The van der Waals surface area contributed by atoms with E-state index in [1.165, 1.54) is 27.5 Å². The number of rotatable bonds is 12. The van der Waals surface area contributed by atoms with Crippen LogP contribution in [0.4, 0.5) is 5.69 Å². The monoisotopic (exact) mass is 554 g/mol. The highest BCUT2D eigenvalue weighted by molar-refractivity contribution is 6.22. The van der Waals surface area contributed by atoms with E-state index in [9.17, 15) is 19.2 Å². The molecule has 0 spiro atoms. The average Bonchev–Trinajstić information content (AvgIpc) is 3.21. The first-order valence-electron chi connectivity index (χ1n) is 15.0. The number of ketones is 2. The van der Waals surface area contributed by atoms with E-state index in [0.717, 1.165) is 51.3 Å². The first kappa shape index (κ1) is 30.1. The summed E-state index contributed by atoms with van der Waals surface area (Å²) in [7, 11) is 0. The maximum atomic E-state index is 13.3. The fourth-order valence-electron chi connectivity index (χ4n) is 6.13. The Hall–Kier alpha value is -2.91. The number of amides is 2. The van der Waals surface area contributed by atoms with Gasteiger partial charge in [-0.15, -0.1) is 0 Å². The standard InChI is InChI=1S/C31H44N4O5/c1-4-5-6-7-18-40-24-10-8-23(9-11-24)35-29(38)19-26(30(35)39)34-16-14-33(15-17-34)13-12-32-22-25-27(36)20-31(2,3)21-28(25)37/h8-11,22,25-26H,4-7,12-21H2,1-3H3/p+2. The summed E-state index contributed by atoms with van der Waals surface area (Å²) >= 11 is 0. The summed E-state index contributed by atoms with van der Waals surface area (Å²) < 4.78 is 5.80. The summed E-state index contributed by atoms with van der Waals surface area (Å²) in [6, 6.07) is 6.93. The van der Waals surface area contributed by atoms with Gasteiger partial charge in [-0.25, -0.2) is 4.90 Å². The fraction of sp³-hybridized carbons (Fsp3) is 0.645. The van der Waals surface area contributed by atoms with Gasteiger partial charge in [-0.05, 0) is 36.1 Å². The third-order valence-corrected chi connectivity index (χ3v) is 8.45. The lowest BCUT2D eigenvalue weighted by Gasteiger charge is -2.32. The molecule has 1 atom stereocenters. The SMILES string of the molecule is CCCCCCOc1ccc(N2C(=O)CC([NH+]3CC[NH+](CCN=CC4C(=O)CC(C)(C)CC4=O)CC3)C2=O)cc1. The minimum Gasteiger partial charge on any atom is -0.494 e. The van der Waals surface area contributed by atoms with Gasteiger partial charge in [0.15, 0.2) is 6.04 Å². The number of quaternary nitrogens is 2. The van der Waals surface area contributed by atoms with Gasteiger partial charge in [0.05, 0.1) is 31.8 Å². The Bertz CT molecular complexity index is 1070. The van der Waals surface area contributed by atoms with Crippen LogP contribution in [0.25, 0.3) is 0 Å². The van der Waals surface area contributed by atoms with Gasteiger partial charge in [0.25, 0.3) is 5.91 Å². The van der Waals surface area contributed by atoms with E-state index in [1.807, 2.05) is 26.0 Å². The molecular weight excluding hydrogens is 508 g/mol. The summed E-state index contributed by atoms with van der Waals surface area (Å²) in [4.78, 5) is 59.1. The molecular formula is C31H46N4O5+2. The van der Waals surface area contributed by atoms with Crippen molar-refractivity contribution < 1.29 is 33.7 Å².